The summed E-state index contributed by atoms with van der Waals surface area (Å²) < 4.78 is 16.3. The highest BCUT2D eigenvalue weighted by Gasteiger charge is 2.77. The molecule has 0 aliphatic heterocycles. The molecule has 0 aliphatic carbocycles. The van der Waals surface area contributed by atoms with Crippen LogP contribution in [0.3, 0.4) is 0 Å². The van der Waals surface area contributed by atoms with Crippen molar-refractivity contribution >= 4 is 23.3 Å². The standard InChI is InChI=1S/C27H29NO10S/c1-16(29)38-27(23-7-6-12-39-23,25(2,3)18-9-11-20(31)22(14-18)37-5)26(24(32)33,28(34)35)15-17-8-10-19(30)21(13-17)36-4/h6-14,30-31H,15H2,1-5H3,(H,32,33). The van der Waals surface area contributed by atoms with Crippen LogP contribution in [0, 0.1) is 10.1 Å². The van der Waals surface area contributed by atoms with Crippen LogP contribution in [-0.4, -0.2) is 51.9 Å². The number of aliphatic carboxylic acids is 1. The van der Waals surface area contributed by atoms with E-state index >= 15 is 0 Å². The van der Waals surface area contributed by atoms with E-state index in [4.69, 9.17) is 14.2 Å². The fourth-order valence-corrected chi connectivity index (χ4v) is 6.10. The Hall–Kier alpha value is -4.32. The molecule has 1 heterocycles. The molecule has 0 radical (unpaired) electrons. The molecular formula is C27H29NO10S. The van der Waals surface area contributed by atoms with Gasteiger partial charge in [0.1, 0.15) is 0 Å². The zero-order valence-electron chi connectivity index (χ0n) is 22.0. The highest BCUT2D eigenvalue weighted by molar-refractivity contribution is 7.10. The summed E-state index contributed by atoms with van der Waals surface area (Å²) in [5, 5.41) is 45.8. The molecule has 208 valence electrons. The van der Waals surface area contributed by atoms with Gasteiger partial charge in [-0.05, 0) is 46.8 Å². The number of carbonyl (C=O) groups excluding carboxylic acids is 1. The minimum absolute atomic E-state index is 0.0214. The Balaban J connectivity index is 2.51. The Bertz CT molecular complexity index is 1370. The van der Waals surface area contributed by atoms with Crippen LogP contribution in [0.5, 0.6) is 23.0 Å². The molecule has 0 saturated carbocycles. The van der Waals surface area contributed by atoms with E-state index in [-0.39, 0.29) is 33.4 Å². The molecule has 3 aromatic rings. The van der Waals surface area contributed by atoms with Crippen LogP contribution in [-0.2, 0) is 31.8 Å². The molecule has 0 saturated heterocycles. The van der Waals surface area contributed by atoms with E-state index in [9.17, 15) is 35.0 Å². The number of aromatic hydroxyl groups is 2. The molecule has 3 rings (SSSR count). The molecule has 11 nitrogen and oxygen atoms in total. The molecule has 3 N–H and O–H groups in total. The van der Waals surface area contributed by atoms with Gasteiger partial charge in [-0.1, -0.05) is 32.0 Å². The van der Waals surface area contributed by atoms with E-state index in [2.05, 4.69) is 0 Å². The first-order valence-corrected chi connectivity index (χ1v) is 12.5. The zero-order chi connectivity index (χ0) is 29.2. The van der Waals surface area contributed by atoms with Gasteiger partial charge >= 0.3 is 17.5 Å². The predicted molar refractivity (Wildman–Crippen MR) is 141 cm³/mol. The maximum absolute atomic E-state index is 13.3. The number of ether oxygens (including phenoxy) is 3. The van der Waals surface area contributed by atoms with Crippen LogP contribution in [0.2, 0.25) is 0 Å². The number of benzene rings is 2. The van der Waals surface area contributed by atoms with Gasteiger partial charge in [-0.25, -0.2) is 4.79 Å². The summed E-state index contributed by atoms with van der Waals surface area (Å²) in [6.45, 7) is 4.10. The topological polar surface area (TPSA) is 166 Å². The summed E-state index contributed by atoms with van der Waals surface area (Å²) in [4.78, 5) is 38.4. The fourth-order valence-electron chi connectivity index (χ4n) is 5.00. The molecular weight excluding hydrogens is 530 g/mol. The average Bonchev–Trinajstić information content (AvgIpc) is 3.41. The van der Waals surface area contributed by atoms with Gasteiger partial charge in [0, 0.05) is 17.3 Å². The van der Waals surface area contributed by atoms with Crippen LogP contribution in [0.25, 0.3) is 0 Å². The molecule has 0 amide bonds. The number of esters is 1. The molecule has 0 bridgehead atoms. The SMILES string of the molecule is COc1cc(CC(C(=O)O)([N+](=O)[O-])C(OC(C)=O)(c2cccs2)C(C)(C)c2ccc(O)c(OC)c2)ccc1O. The number of hydrogen-bond donors (Lipinski definition) is 3. The Morgan fingerprint density at radius 2 is 1.59 bits per heavy atom. The fraction of sp³-hybridized carbons (Fsp3) is 0.333. The van der Waals surface area contributed by atoms with Crippen LogP contribution in [0.4, 0.5) is 0 Å². The van der Waals surface area contributed by atoms with Gasteiger partial charge in [-0.2, -0.15) is 0 Å². The first-order valence-electron chi connectivity index (χ1n) is 11.6. The van der Waals surface area contributed by atoms with Crippen molar-refractivity contribution in [3.05, 3.63) is 80.0 Å². The third-order valence-corrected chi connectivity index (χ3v) is 7.87. The number of phenolic OH excluding ortho intramolecular Hbond substituents is 2. The lowest BCUT2D eigenvalue weighted by Gasteiger charge is -2.49. The number of rotatable bonds is 11. The van der Waals surface area contributed by atoms with Crippen molar-refractivity contribution in [2.45, 2.75) is 43.7 Å². The summed E-state index contributed by atoms with van der Waals surface area (Å²) in [6.07, 6.45) is -0.754. The monoisotopic (exact) mass is 559 g/mol. The van der Waals surface area contributed by atoms with Crippen LogP contribution in [0.15, 0.2) is 53.9 Å². The normalized spacial score (nSPS) is 14.5. The largest absolute Gasteiger partial charge is 0.504 e. The van der Waals surface area contributed by atoms with Gasteiger partial charge in [0.2, 0.25) is 5.60 Å². The van der Waals surface area contributed by atoms with Crippen LogP contribution in [0.1, 0.15) is 36.8 Å². The molecule has 2 aromatic carbocycles. The highest BCUT2D eigenvalue weighted by Crippen LogP contribution is 2.56. The van der Waals surface area contributed by atoms with Gasteiger partial charge in [-0.3, -0.25) is 14.9 Å². The first kappa shape index (κ1) is 29.2. The van der Waals surface area contributed by atoms with Crippen LogP contribution < -0.4 is 9.47 Å². The molecule has 0 fully saturated rings. The average molecular weight is 560 g/mol. The zero-order valence-corrected chi connectivity index (χ0v) is 22.8. The van der Waals surface area contributed by atoms with Gasteiger partial charge in [0.25, 0.3) is 0 Å². The Labute approximate surface area is 228 Å². The molecule has 1 aromatic heterocycles. The smallest absolute Gasteiger partial charge is 0.387 e. The minimum Gasteiger partial charge on any atom is -0.504 e. The van der Waals surface area contributed by atoms with Crippen molar-refractivity contribution in [2.75, 3.05) is 14.2 Å². The number of nitro groups is 1. The summed E-state index contributed by atoms with van der Waals surface area (Å²) in [5.41, 5.74) is -6.63. The second kappa shape index (κ2) is 10.8. The van der Waals surface area contributed by atoms with E-state index in [1.165, 1.54) is 70.5 Å². The first-order chi connectivity index (χ1) is 18.3. The van der Waals surface area contributed by atoms with Gasteiger partial charge in [0.15, 0.2) is 23.0 Å². The quantitative estimate of drug-likeness (QED) is 0.176. The lowest BCUT2D eigenvalue weighted by atomic mass is 9.58. The Morgan fingerprint density at radius 3 is 2.08 bits per heavy atom. The molecule has 2 unspecified atom stereocenters. The number of carboxylic acids is 1. The molecule has 12 heteroatoms. The summed E-state index contributed by atoms with van der Waals surface area (Å²) in [6, 6.07) is 11.1. The number of thiophene rings is 1. The summed E-state index contributed by atoms with van der Waals surface area (Å²) in [7, 11) is 2.61. The Morgan fingerprint density at radius 1 is 1.00 bits per heavy atom. The number of carbonyl (C=O) groups is 2. The molecule has 0 aliphatic rings. The van der Waals surface area contributed by atoms with Gasteiger partial charge < -0.3 is 29.5 Å². The van der Waals surface area contributed by atoms with Gasteiger partial charge in [-0.15, -0.1) is 11.3 Å². The van der Waals surface area contributed by atoms with E-state index < -0.39 is 39.8 Å². The van der Waals surface area contributed by atoms with E-state index in [0.717, 1.165) is 18.3 Å². The number of hydrogen-bond acceptors (Lipinski definition) is 10. The third kappa shape index (κ3) is 4.71. The van der Waals surface area contributed by atoms with Crippen LogP contribution >= 0.6 is 11.3 Å². The van der Waals surface area contributed by atoms with Crippen molar-refractivity contribution in [3.8, 4) is 23.0 Å². The van der Waals surface area contributed by atoms with Crippen molar-refractivity contribution < 1.29 is 44.0 Å². The van der Waals surface area contributed by atoms with Crippen molar-refractivity contribution in [1.82, 2.24) is 0 Å². The maximum atomic E-state index is 13.3. The third-order valence-electron chi connectivity index (χ3n) is 6.90. The predicted octanol–water partition coefficient (Wildman–Crippen LogP) is 4.26. The van der Waals surface area contributed by atoms with Crippen molar-refractivity contribution in [2.24, 2.45) is 0 Å². The molecule has 0 spiro atoms. The maximum Gasteiger partial charge on any atom is 0.387 e. The summed E-state index contributed by atoms with van der Waals surface area (Å²) in [5.74, 6) is -3.24. The minimum atomic E-state index is -3.00. The number of nitrogens with zero attached hydrogens (tertiary/aromatic N) is 1. The second-order valence-corrected chi connectivity index (χ2v) is 10.3. The highest BCUT2D eigenvalue weighted by atomic mass is 32.1. The van der Waals surface area contributed by atoms with Crippen molar-refractivity contribution in [1.29, 1.82) is 0 Å². The van der Waals surface area contributed by atoms with E-state index in [0.29, 0.717) is 5.56 Å². The number of methoxy groups -OCH3 is 2. The Kier molecular flexibility index (Phi) is 8.11. The molecule has 2 atom stereocenters. The second-order valence-electron chi connectivity index (χ2n) is 9.37. The van der Waals surface area contributed by atoms with Gasteiger partial charge in [0.05, 0.1) is 25.5 Å². The lowest BCUT2D eigenvalue weighted by Crippen LogP contribution is -2.71. The van der Waals surface area contributed by atoms with Crippen molar-refractivity contribution in [3.63, 3.8) is 0 Å². The van der Waals surface area contributed by atoms with E-state index in [1.54, 1.807) is 11.4 Å². The number of carboxylic acid groups (broad SMARTS) is 1. The summed E-state index contributed by atoms with van der Waals surface area (Å²) >= 11 is 0.999. The molecule has 39 heavy (non-hydrogen) atoms. The lowest BCUT2D eigenvalue weighted by molar-refractivity contribution is -0.585. The van der Waals surface area contributed by atoms with E-state index in [1.807, 2.05) is 0 Å². The number of phenols is 2.